The number of fused-ring (bicyclic) bond motifs is 1. The van der Waals surface area contributed by atoms with Crippen LogP contribution in [0, 0.1) is 6.92 Å². The van der Waals surface area contributed by atoms with Crippen LogP contribution < -0.4 is 4.74 Å². The first kappa shape index (κ1) is 25.4. The monoisotopic (exact) mass is 495 g/mol. The molecule has 0 saturated carbocycles. The lowest BCUT2D eigenvalue weighted by Crippen LogP contribution is -2.39. The van der Waals surface area contributed by atoms with Crippen LogP contribution in [0.5, 0.6) is 5.75 Å². The highest BCUT2D eigenvalue weighted by Gasteiger charge is 2.32. The molecule has 35 heavy (non-hydrogen) atoms. The van der Waals surface area contributed by atoms with Gasteiger partial charge in [-0.2, -0.15) is 0 Å². The molecule has 0 N–H and O–H groups in total. The summed E-state index contributed by atoms with van der Waals surface area (Å²) in [5, 5.41) is 2.22. The molecular weight excluding hydrogens is 461 g/mol. The number of thiophene rings is 1. The Balaban J connectivity index is 1.41. The van der Waals surface area contributed by atoms with Gasteiger partial charge < -0.3 is 9.47 Å². The maximum atomic E-state index is 12.9. The van der Waals surface area contributed by atoms with E-state index in [9.17, 15) is 9.18 Å². The number of halogens is 1. The number of benzene rings is 2. The van der Waals surface area contributed by atoms with Crippen LogP contribution in [0.1, 0.15) is 47.9 Å². The summed E-state index contributed by atoms with van der Waals surface area (Å²) < 4.78 is 24.0. The molecule has 2 aromatic carbocycles. The first-order valence-corrected chi connectivity index (χ1v) is 13.1. The molecule has 4 rings (SSSR count). The maximum absolute atomic E-state index is 12.9. The van der Waals surface area contributed by atoms with E-state index in [0.29, 0.717) is 17.9 Å². The molecule has 4 nitrogen and oxygen atoms in total. The molecule has 1 aromatic heterocycles. The lowest BCUT2D eigenvalue weighted by molar-refractivity contribution is -0.158. The van der Waals surface area contributed by atoms with Crippen LogP contribution in [-0.4, -0.2) is 36.2 Å². The molecule has 0 bridgehead atoms. The second-order valence-electron chi connectivity index (χ2n) is 9.57. The quantitative estimate of drug-likeness (QED) is 0.334. The predicted octanol–water partition coefficient (Wildman–Crippen LogP) is 6.51. The molecule has 0 unspecified atom stereocenters. The molecule has 2 heterocycles. The van der Waals surface area contributed by atoms with Crippen molar-refractivity contribution in [3.05, 3.63) is 75.0 Å². The summed E-state index contributed by atoms with van der Waals surface area (Å²) in [5.41, 5.74) is 5.99. The van der Waals surface area contributed by atoms with Gasteiger partial charge in [0.2, 0.25) is 0 Å². The van der Waals surface area contributed by atoms with E-state index in [1.165, 1.54) is 27.1 Å². The van der Waals surface area contributed by atoms with E-state index >= 15 is 0 Å². The zero-order chi connectivity index (χ0) is 25.0. The van der Waals surface area contributed by atoms with Crippen molar-refractivity contribution >= 4 is 17.3 Å². The fourth-order valence-corrected chi connectivity index (χ4v) is 5.60. The molecule has 186 valence electrons. The van der Waals surface area contributed by atoms with E-state index < -0.39 is 12.3 Å². The highest BCUT2D eigenvalue weighted by atomic mass is 32.1. The van der Waals surface area contributed by atoms with Crippen LogP contribution in [0.4, 0.5) is 4.39 Å². The minimum atomic E-state index is -1.03. The number of carbonyl (C=O) groups excluding carboxylic acids is 1. The number of hydrogen-bond donors (Lipinski definition) is 0. The zero-order valence-corrected chi connectivity index (χ0v) is 21.8. The van der Waals surface area contributed by atoms with Crippen molar-refractivity contribution in [2.24, 2.45) is 0 Å². The Morgan fingerprint density at radius 1 is 1.09 bits per heavy atom. The van der Waals surface area contributed by atoms with Crippen molar-refractivity contribution < 1.29 is 18.7 Å². The molecular formula is C29H34FNO3S. The highest BCUT2D eigenvalue weighted by molar-refractivity contribution is 7.10. The first-order chi connectivity index (χ1) is 16.8. The summed E-state index contributed by atoms with van der Waals surface area (Å²) in [4.78, 5) is 16.1. The first-order valence-electron chi connectivity index (χ1n) is 12.2. The molecule has 0 amide bonds. The molecule has 6 heteroatoms. The topological polar surface area (TPSA) is 38.8 Å². The van der Waals surface area contributed by atoms with Crippen molar-refractivity contribution in [2.45, 2.75) is 59.4 Å². The van der Waals surface area contributed by atoms with Gasteiger partial charge in [-0.25, -0.2) is 9.18 Å². The molecule has 0 saturated heterocycles. The van der Waals surface area contributed by atoms with Crippen molar-refractivity contribution in [1.82, 2.24) is 4.90 Å². The van der Waals surface area contributed by atoms with Crippen molar-refractivity contribution in [2.75, 3.05) is 19.7 Å². The van der Waals surface area contributed by atoms with Gasteiger partial charge in [0.1, 0.15) is 12.4 Å². The average molecular weight is 496 g/mol. The standard InChI is InChI=1S/C29H34FNO3S/c1-5-33-28(32)29(3,4)34-25-11-10-22-12-14-31(15-13-24(22)16-25)18-27-20(2)26(19-35-27)23-8-6-21(17-30)7-9-23/h6-11,16,19H,5,12-15,17-18H2,1-4H3. The van der Waals surface area contributed by atoms with E-state index in [-0.39, 0.29) is 5.97 Å². The lowest BCUT2D eigenvalue weighted by atomic mass is 10.0. The largest absolute Gasteiger partial charge is 0.476 e. The van der Waals surface area contributed by atoms with Crippen molar-refractivity contribution in [3.8, 4) is 16.9 Å². The van der Waals surface area contributed by atoms with Crippen LogP contribution in [0.15, 0.2) is 47.8 Å². The SMILES string of the molecule is CCOC(=O)C(C)(C)Oc1ccc2c(c1)CCN(Cc1scc(-c3ccc(CF)cc3)c1C)CC2. The van der Waals surface area contributed by atoms with Gasteiger partial charge in [-0.1, -0.05) is 30.3 Å². The Hall–Kier alpha value is -2.70. The van der Waals surface area contributed by atoms with Crippen molar-refractivity contribution in [3.63, 3.8) is 0 Å². The molecule has 1 aliphatic heterocycles. The van der Waals surface area contributed by atoms with E-state index in [1.54, 1.807) is 32.1 Å². The third-order valence-electron chi connectivity index (χ3n) is 6.64. The number of hydrogen-bond acceptors (Lipinski definition) is 5. The van der Waals surface area contributed by atoms with Crippen LogP contribution in [-0.2, 0) is 35.6 Å². The number of esters is 1. The summed E-state index contributed by atoms with van der Waals surface area (Å²) in [5.74, 6) is 0.345. The molecule has 0 radical (unpaired) electrons. The van der Waals surface area contributed by atoms with Crippen LogP contribution in [0.2, 0.25) is 0 Å². The molecule has 0 aliphatic carbocycles. The van der Waals surface area contributed by atoms with Crippen LogP contribution in [0.3, 0.4) is 0 Å². The number of rotatable bonds is 8. The molecule has 1 aliphatic rings. The molecule has 0 fully saturated rings. The van der Waals surface area contributed by atoms with Gasteiger partial charge in [0, 0.05) is 24.5 Å². The number of alkyl halides is 1. The van der Waals surface area contributed by atoms with E-state index in [4.69, 9.17) is 9.47 Å². The number of carbonyl (C=O) groups is 1. The van der Waals surface area contributed by atoms with Gasteiger partial charge in [0.05, 0.1) is 6.61 Å². The van der Waals surface area contributed by atoms with Crippen molar-refractivity contribution in [1.29, 1.82) is 0 Å². The Kier molecular flexibility index (Phi) is 7.92. The fourth-order valence-electron chi connectivity index (χ4n) is 4.48. The zero-order valence-electron chi connectivity index (χ0n) is 21.0. The molecule has 0 atom stereocenters. The Bertz CT molecular complexity index is 1170. The Morgan fingerprint density at radius 3 is 2.49 bits per heavy atom. The normalized spacial score (nSPS) is 14.3. The summed E-state index contributed by atoms with van der Waals surface area (Å²) in [7, 11) is 0. The minimum absolute atomic E-state index is 0.336. The number of ether oxygens (including phenoxy) is 2. The highest BCUT2D eigenvalue weighted by Crippen LogP contribution is 2.33. The average Bonchev–Trinajstić information content (AvgIpc) is 3.08. The third-order valence-corrected chi connectivity index (χ3v) is 7.71. The summed E-state index contributed by atoms with van der Waals surface area (Å²) >= 11 is 1.80. The van der Waals surface area contributed by atoms with Crippen LogP contribution in [0.25, 0.3) is 11.1 Å². The van der Waals surface area contributed by atoms with Gasteiger partial charge in [-0.3, -0.25) is 4.90 Å². The van der Waals surface area contributed by atoms with E-state index in [0.717, 1.165) is 38.0 Å². The van der Waals surface area contributed by atoms with E-state index in [1.807, 2.05) is 30.3 Å². The van der Waals surface area contributed by atoms with Gasteiger partial charge in [0.15, 0.2) is 5.60 Å². The molecule has 0 spiro atoms. The summed E-state index contributed by atoms with van der Waals surface area (Å²) in [6, 6.07) is 13.9. The number of nitrogens with zero attached hydrogens (tertiary/aromatic N) is 1. The molecule has 3 aromatic rings. The Morgan fingerprint density at radius 2 is 1.80 bits per heavy atom. The van der Waals surface area contributed by atoms with Gasteiger partial charge in [-0.05, 0) is 91.4 Å². The van der Waals surface area contributed by atoms with E-state index in [2.05, 4.69) is 29.3 Å². The maximum Gasteiger partial charge on any atom is 0.349 e. The summed E-state index contributed by atoms with van der Waals surface area (Å²) in [6.45, 7) is 10.3. The predicted molar refractivity (Wildman–Crippen MR) is 140 cm³/mol. The third kappa shape index (κ3) is 5.93. The fraction of sp³-hybridized carbons (Fsp3) is 0.414. The van der Waals surface area contributed by atoms with Gasteiger partial charge in [-0.15, -0.1) is 11.3 Å². The minimum Gasteiger partial charge on any atom is -0.476 e. The second kappa shape index (κ2) is 10.9. The summed E-state index contributed by atoms with van der Waals surface area (Å²) in [6.07, 6.45) is 1.92. The second-order valence-corrected chi connectivity index (χ2v) is 10.5. The Labute approximate surface area is 211 Å². The van der Waals surface area contributed by atoms with Gasteiger partial charge >= 0.3 is 5.97 Å². The lowest BCUT2D eigenvalue weighted by Gasteiger charge is -2.24. The smallest absolute Gasteiger partial charge is 0.349 e. The van der Waals surface area contributed by atoms with Crippen LogP contribution >= 0.6 is 11.3 Å². The van der Waals surface area contributed by atoms with Gasteiger partial charge in [0.25, 0.3) is 0 Å².